The molecule has 0 radical (unpaired) electrons. The van der Waals surface area contributed by atoms with Gasteiger partial charge in [0.1, 0.15) is 11.4 Å². The zero-order chi connectivity index (χ0) is 19.2. The van der Waals surface area contributed by atoms with E-state index in [0.717, 1.165) is 22.9 Å². The number of thioether (sulfide) groups is 1. The van der Waals surface area contributed by atoms with Crippen LogP contribution in [-0.2, 0) is 16.1 Å². The lowest BCUT2D eigenvalue weighted by molar-refractivity contribution is -0.301. The number of amidine groups is 1. The van der Waals surface area contributed by atoms with Crippen LogP contribution in [0.3, 0.4) is 0 Å². The van der Waals surface area contributed by atoms with Crippen LogP contribution in [0.5, 0.6) is 5.75 Å². The van der Waals surface area contributed by atoms with E-state index in [0.29, 0.717) is 17.5 Å². The molecule has 0 fully saturated rings. The quantitative estimate of drug-likeness (QED) is 0.714. The van der Waals surface area contributed by atoms with E-state index < -0.39 is 5.97 Å². The Morgan fingerprint density at radius 2 is 1.89 bits per heavy atom. The second kappa shape index (κ2) is 8.55. The van der Waals surface area contributed by atoms with Crippen molar-refractivity contribution in [2.24, 2.45) is 4.99 Å². The molecule has 27 heavy (non-hydrogen) atoms. The number of methoxy groups -OCH3 is 1. The fraction of sp³-hybridized carbons (Fsp3) is 0.150. The first-order chi connectivity index (χ1) is 13.1. The largest absolute Gasteiger partial charge is 0.549 e. The van der Waals surface area contributed by atoms with Crippen LogP contribution in [0.4, 0.5) is 0 Å². The zero-order valence-electron chi connectivity index (χ0n) is 14.6. The molecule has 0 N–H and O–H groups in total. The minimum Gasteiger partial charge on any atom is -0.549 e. The number of rotatable bonds is 6. The van der Waals surface area contributed by atoms with Crippen LogP contribution in [0.15, 0.2) is 65.3 Å². The number of carboxylic acids is 1. The maximum Gasteiger partial charge on any atom is 0.278 e. The minimum atomic E-state index is -1.21. The van der Waals surface area contributed by atoms with Gasteiger partial charge in [-0.3, -0.25) is 9.69 Å². The van der Waals surface area contributed by atoms with Gasteiger partial charge in [0, 0.05) is 5.75 Å². The molecular weight excluding hydrogens is 364 g/mol. The lowest BCUT2D eigenvalue weighted by Gasteiger charge is -2.17. The number of aliphatic imine (C=N–C) groups is 1. The number of benzene rings is 2. The second-order valence-electron chi connectivity index (χ2n) is 5.73. The first-order valence-electron chi connectivity index (χ1n) is 8.19. The summed E-state index contributed by atoms with van der Waals surface area (Å²) in [6.45, 7) is 0.318. The van der Waals surface area contributed by atoms with Crippen LogP contribution in [0.2, 0.25) is 0 Å². The smallest absolute Gasteiger partial charge is 0.278 e. The summed E-state index contributed by atoms with van der Waals surface area (Å²) in [5.41, 5.74) is 1.99. The molecule has 1 aliphatic rings. The van der Waals surface area contributed by atoms with Gasteiger partial charge in [0.05, 0.1) is 19.6 Å². The van der Waals surface area contributed by atoms with E-state index in [1.807, 2.05) is 42.5 Å². The number of carbonyl (C=O) groups excluding carboxylic acids is 2. The molecule has 0 saturated carbocycles. The van der Waals surface area contributed by atoms with E-state index in [2.05, 4.69) is 4.99 Å². The van der Waals surface area contributed by atoms with Crippen LogP contribution in [0, 0.1) is 0 Å². The Morgan fingerprint density at radius 1 is 1.19 bits per heavy atom. The highest BCUT2D eigenvalue weighted by Crippen LogP contribution is 2.26. The summed E-state index contributed by atoms with van der Waals surface area (Å²) in [4.78, 5) is 29.5. The van der Waals surface area contributed by atoms with Gasteiger partial charge in [0.15, 0.2) is 5.17 Å². The van der Waals surface area contributed by atoms with Crippen LogP contribution >= 0.6 is 11.8 Å². The summed E-state index contributed by atoms with van der Waals surface area (Å²) in [7, 11) is 1.58. The predicted octanol–water partition coefficient (Wildman–Crippen LogP) is 1.92. The van der Waals surface area contributed by atoms with Gasteiger partial charge >= 0.3 is 0 Å². The molecule has 0 atom stereocenters. The molecule has 0 saturated heterocycles. The van der Waals surface area contributed by atoms with Gasteiger partial charge in [-0.1, -0.05) is 54.2 Å². The summed E-state index contributed by atoms with van der Waals surface area (Å²) >= 11 is 0.976. The molecule has 1 amide bonds. The Morgan fingerprint density at radius 3 is 2.52 bits per heavy atom. The monoisotopic (exact) mass is 381 g/mol. The van der Waals surface area contributed by atoms with Crippen molar-refractivity contribution in [1.29, 1.82) is 0 Å². The van der Waals surface area contributed by atoms with Crippen molar-refractivity contribution in [1.82, 2.24) is 4.90 Å². The Bertz CT molecular complexity index is 892. The summed E-state index contributed by atoms with van der Waals surface area (Å²) in [5, 5.41) is 11.2. The number of hydrogen-bond acceptors (Lipinski definition) is 6. The molecule has 0 spiro atoms. The van der Waals surface area contributed by atoms with E-state index in [-0.39, 0.29) is 17.4 Å². The number of carbonyl (C=O) groups is 2. The van der Waals surface area contributed by atoms with Crippen molar-refractivity contribution in [2.45, 2.75) is 6.54 Å². The van der Waals surface area contributed by atoms with Gasteiger partial charge in [-0.25, -0.2) is 4.99 Å². The third-order valence-corrected chi connectivity index (χ3v) is 4.78. The van der Waals surface area contributed by atoms with Gasteiger partial charge < -0.3 is 14.6 Å². The van der Waals surface area contributed by atoms with Gasteiger partial charge in [0.25, 0.3) is 5.91 Å². The molecule has 138 valence electrons. The van der Waals surface area contributed by atoms with E-state index in [4.69, 9.17) is 4.74 Å². The lowest BCUT2D eigenvalue weighted by atomic mass is 10.1. The molecule has 3 rings (SSSR count). The Hall–Kier alpha value is -3.06. The van der Waals surface area contributed by atoms with Crippen molar-refractivity contribution in [3.8, 4) is 5.75 Å². The van der Waals surface area contributed by atoms with E-state index in [9.17, 15) is 14.7 Å². The highest BCUT2D eigenvalue weighted by molar-refractivity contribution is 8.14. The third-order valence-electron chi connectivity index (χ3n) is 3.83. The summed E-state index contributed by atoms with van der Waals surface area (Å²) in [6.07, 6.45) is 1.67. The molecule has 0 aromatic heterocycles. The lowest BCUT2D eigenvalue weighted by Crippen LogP contribution is -2.32. The van der Waals surface area contributed by atoms with Crippen molar-refractivity contribution < 1.29 is 19.4 Å². The summed E-state index contributed by atoms with van der Waals surface area (Å²) in [5.74, 6) is -1.03. The number of ether oxygens (including phenoxy) is 1. The molecule has 2 aromatic carbocycles. The molecule has 6 nitrogen and oxygen atoms in total. The number of carboxylic acid groups (broad SMARTS) is 1. The zero-order valence-corrected chi connectivity index (χ0v) is 15.4. The topological polar surface area (TPSA) is 82.0 Å². The van der Waals surface area contributed by atoms with Gasteiger partial charge in [-0.05, 0) is 29.3 Å². The fourth-order valence-corrected chi connectivity index (χ4v) is 3.24. The van der Waals surface area contributed by atoms with Crippen molar-refractivity contribution in [3.05, 3.63) is 71.4 Å². The normalized spacial score (nSPS) is 15.1. The first kappa shape index (κ1) is 18.7. The molecule has 1 aliphatic heterocycles. The van der Waals surface area contributed by atoms with Gasteiger partial charge in [-0.2, -0.15) is 0 Å². The van der Waals surface area contributed by atoms with Gasteiger partial charge in [0.2, 0.25) is 0 Å². The average molecular weight is 381 g/mol. The van der Waals surface area contributed by atoms with Crippen LogP contribution in [0.1, 0.15) is 11.1 Å². The van der Waals surface area contributed by atoms with Crippen LogP contribution in [-0.4, -0.2) is 34.8 Å². The molecular formula is C20H17N2O4S-. The number of hydrogen-bond donors (Lipinski definition) is 0. The standard InChI is InChI=1S/C20H18N2O4S/c1-26-16-9-7-14(8-10-16)11-17-19(25)22(12-15-5-3-2-4-6-15)20(21-17)27-13-18(23)24/h2-11H,12-13H2,1H3,(H,23,24)/p-1/b17-11+. The highest BCUT2D eigenvalue weighted by Gasteiger charge is 2.30. The Labute approximate surface area is 161 Å². The molecule has 0 aliphatic carbocycles. The van der Waals surface area contributed by atoms with E-state index in [1.54, 1.807) is 25.3 Å². The minimum absolute atomic E-state index is 0.261. The van der Waals surface area contributed by atoms with Crippen LogP contribution < -0.4 is 9.84 Å². The number of nitrogens with zero attached hydrogens (tertiary/aromatic N) is 2. The highest BCUT2D eigenvalue weighted by atomic mass is 32.2. The van der Waals surface area contributed by atoms with Gasteiger partial charge in [-0.15, -0.1) is 0 Å². The van der Waals surface area contributed by atoms with E-state index in [1.165, 1.54) is 4.90 Å². The van der Waals surface area contributed by atoms with Crippen molar-refractivity contribution in [2.75, 3.05) is 12.9 Å². The third kappa shape index (κ3) is 4.77. The summed E-state index contributed by atoms with van der Waals surface area (Å²) in [6, 6.07) is 16.7. The number of aliphatic carboxylic acids is 1. The van der Waals surface area contributed by atoms with E-state index >= 15 is 0 Å². The van der Waals surface area contributed by atoms with Crippen molar-refractivity contribution in [3.63, 3.8) is 0 Å². The SMILES string of the molecule is COc1ccc(/C=C2/N=C(SCC(=O)[O-])N(Cc3ccccc3)C2=O)cc1. The molecule has 1 heterocycles. The molecule has 0 bridgehead atoms. The van der Waals surface area contributed by atoms with Crippen molar-refractivity contribution >= 4 is 34.9 Å². The maximum absolute atomic E-state index is 12.8. The molecule has 7 heteroatoms. The average Bonchev–Trinajstić information content (AvgIpc) is 2.97. The maximum atomic E-state index is 12.8. The fourth-order valence-electron chi connectivity index (χ4n) is 2.53. The first-order valence-corrected chi connectivity index (χ1v) is 9.18. The number of amides is 1. The van der Waals surface area contributed by atoms with Crippen LogP contribution in [0.25, 0.3) is 6.08 Å². The predicted molar refractivity (Wildman–Crippen MR) is 103 cm³/mol. The second-order valence-corrected chi connectivity index (χ2v) is 6.68. The summed E-state index contributed by atoms with van der Waals surface area (Å²) < 4.78 is 5.13. The molecule has 2 aromatic rings. The Balaban J connectivity index is 1.86. The molecule has 0 unspecified atom stereocenters. The Kier molecular flexibility index (Phi) is 5.93.